The van der Waals surface area contributed by atoms with Crippen LogP contribution in [0.1, 0.15) is 22.8 Å². The molecule has 1 heterocycles. The molecule has 0 saturated carbocycles. The molecule has 0 aliphatic carbocycles. The first-order chi connectivity index (χ1) is 9.60. The maximum Gasteiger partial charge on any atom is 0.251 e. The van der Waals surface area contributed by atoms with Gasteiger partial charge in [-0.25, -0.2) is 4.98 Å². The summed E-state index contributed by atoms with van der Waals surface area (Å²) in [6.07, 6.45) is 5.36. The molecule has 0 aliphatic rings. The molecule has 0 aliphatic heterocycles. The van der Waals surface area contributed by atoms with E-state index in [0.717, 1.165) is 11.3 Å². The Bertz CT molecular complexity index is 578. The van der Waals surface area contributed by atoms with Crippen molar-refractivity contribution >= 4 is 11.6 Å². The molecule has 2 N–H and O–H groups in total. The van der Waals surface area contributed by atoms with Gasteiger partial charge in [-0.2, -0.15) is 0 Å². The molecule has 1 atom stereocenters. The van der Waals surface area contributed by atoms with Crippen LogP contribution in [0.4, 0.5) is 5.69 Å². The van der Waals surface area contributed by atoms with Crippen molar-refractivity contribution in [3.05, 3.63) is 48.0 Å². The monoisotopic (exact) mass is 272 g/mol. The first kappa shape index (κ1) is 14.1. The Hall–Kier alpha value is -2.30. The lowest BCUT2D eigenvalue weighted by atomic mass is 10.1. The van der Waals surface area contributed by atoms with Crippen LogP contribution < -0.4 is 10.6 Å². The summed E-state index contributed by atoms with van der Waals surface area (Å²) in [4.78, 5) is 16.2. The second-order valence-corrected chi connectivity index (χ2v) is 4.91. The second-order valence-electron chi connectivity index (χ2n) is 4.91. The van der Waals surface area contributed by atoms with Crippen molar-refractivity contribution < 1.29 is 4.79 Å². The smallest absolute Gasteiger partial charge is 0.251 e. The zero-order valence-electron chi connectivity index (χ0n) is 12.1. The van der Waals surface area contributed by atoms with Gasteiger partial charge in [-0.1, -0.05) is 0 Å². The Morgan fingerprint density at radius 3 is 2.85 bits per heavy atom. The molecule has 106 valence electrons. The standard InChI is InChI=1S/C15H20N4O/c1-11-8-13(4-5-14(11)16-3)15(20)18-12(2)9-19-7-6-17-10-19/h4-8,10,12,16H,9H2,1-3H3,(H,18,20). The van der Waals surface area contributed by atoms with E-state index in [-0.39, 0.29) is 11.9 Å². The Labute approximate surface area is 119 Å². The molecule has 2 aromatic rings. The fourth-order valence-electron chi connectivity index (χ4n) is 2.15. The first-order valence-electron chi connectivity index (χ1n) is 6.65. The maximum atomic E-state index is 12.2. The summed E-state index contributed by atoms with van der Waals surface area (Å²) < 4.78 is 1.94. The molecule has 0 saturated heterocycles. The quantitative estimate of drug-likeness (QED) is 0.876. The fourth-order valence-corrected chi connectivity index (χ4v) is 2.15. The van der Waals surface area contributed by atoms with Crippen LogP contribution in [-0.4, -0.2) is 28.5 Å². The fraction of sp³-hybridized carbons (Fsp3) is 0.333. The average molecular weight is 272 g/mol. The molecule has 2 rings (SSSR count). The number of aromatic nitrogens is 2. The average Bonchev–Trinajstić information content (AvgIpc) is 2.91. The van der Waals surface area contributed by atoms with Crippen LogP contribution in [0.25, 0.3) is 0 Å². The summed E-state index contributed by atoms with van der Waals surface area (Å²) in [6, 6.07) is 5.69. The SMILES string of the molecule is CNc1ccc(C(=O)NC(C)Cn2ccnc2)cc1C. The van der Waals surface area contributed by atoms with Gasteiger partial charge < -0.3 is 15.2 Å². The van der Waals surface area contributed by atoms with Crippen molar-refractivity contribution in [3.8, 4) is 0 Å². The molecule has 0 spiro atoms. The van der Waals surface area contributed by atoms with E-state index >= 15 is 0 Å². The molecular formula is C15H20N4O. The number of carbonyl (C=O) groups is 1. The minimum absolute atomic E-state index is 0.0426. The number of amides is 1. The minimum atomic E-state index is -0.0524. The van der Waals surface area contributed by atoms with E-state index in [4.69, 9.17) is 0 Å². The van der Waals surface area contributed by atoms with Crippen LogP contribution in [0.2, 0.25) is 0 Å². The van der Waals surface area contributed by atoms with Gasteiger partial charge in [0.1, 0.15) is 0 Å². The third-order valence-electron chi connectivity index (χ3n) is 3.18. The van der Waals surface area contributed by atoms with Crippen molar-refractivity contribution in [1.82, 2.24) is 14.9 Å². The number of hydrogen-bond donors (Lipinski definition) is 2. The largest absolute Gasteiger partial charge is 0.388 e. The predicted molar refractivity (Wildman–Crippen MR) is 79.9 cm³/mol. The van der Waals surface area contributed by atoms with Crippen molar-refractivity contribution in [2.75, 3.05) is 12.4 Å². The van der Waals surface area contributed by atoms with Crippen molar-refractivity contribution in [3.63, 3.8) is 0 Å². The van der Waals surface area contributed by atoms with Gasteiger partial charge in [0.05, 0.1) is 6.33 Å². The van der Waals surface area contributed by atoms with E-state index in [9.17, 15) is 4.79 Å². The van der Waals surface area contributed by atoms with E-state index in [1.165, 1.54) is 0 Å². The van der Waals surface area contributed by atoms with E-state index < -0.39 is 0 Å². The molecule has 1 amide bonds. The van der Waals surface area contributed by atoms with E-state index in [1.807, 2.05) is 49.9 Å². The lowest BCUT2D eigenvalue weighted by Crippen LogP contribution is -2.35. The van der Waals surface area contributed by atoms with Gasteiger partial charge in [-0.15, -0.1) is 0 Å². The van der Waals surface area contributed by atoms with Crippen LogP contribution >= 0.6 is 0 Å². The minimum Gasteiger partial charge on any atom is -0.388 e. The van der Waals surface area contributed by atoms with Gasteiger partial charge in [0.15, 0.2) is 0 Å². The Kier molecular flexibility index (Phi) is 4.40. The molecule has 5 heteroatoms. The zero-order valence-corrected chi connectivity index (χ0v) is 12.1. The van der Waals surface area contributed by atoms with Gasteiger partial charge in [-0.05, 0) is 37.6 Å². The molecule has 0 radical (unpaired) electrons. The molecule has 1 aromatic carbocycles. The van der Waals surface area contributed by atoms with Crippen molar-refractivity contribution in [2.45, 2.75) is 26.4 Å². The zero-order chi connectivity index (χ0) is 14.5. The lowest BCUT2D eigenvalue weighted by Gasteiger charge is -2.15. The third-order valence-corrected chi connectivity index (χ3v) is 3.18. The molecule has 0 bridgehead atoms. The Morgan fingerprint density at radius 1 is 1.45 bits per heavy atom. The molecule has 0 fully saturated rings. The molecule has 1 unspecified atom stereocenters. The molecular weight excluding hydrogens is 252 g/mol. The molecule has 20 heavy (non-hydrogen) atoms. The molecule has 5 nitrogen and oxygen atoms in total. The third kappa shape index (κ3) is 3.38. The van der Waals surface area contributed by atoms with Gasteiger partial charge in [0, 0.05) is 43.3 Å². The number of nitrogens with zero attached hydrogens (tertiary/aromatic N) is 2. The van der Waals surface area contributed by atoms with E-state index in [0.29, 0.717) is 12.1 Å². The van der Waals surface area contributed by atoms with Crippen molar-refractivity contribution in [1.29, 1.82) is 0 Å². The summed E-state index contributed by atoms with van der Waals surface area (Å²) in [6.45, 7) is 4.67. The summed E-state index contributed by atoms with van der Waals surface area (Å²) in [5, 5.41) is 6.08. The topological polar surface area (TPSA) is 59.0 Å². The van der Waals surface area contributed by atoms with Crippen molar-refractivity contribution in [2.24, 2.45) is 0 Å². The Morgan fingerprint density at radius 2 is 2.25 bits per heavy atom. The number of hydrogen-bond acceptors (Lipinski definition) is 3. The van der Waals surface area contributed by atoms with E-state index in [2.05, 4.69) is 15.6 Å². The first-order valence-corrected chi connectivity index (χ1v) is 6.65. The number of nitrogens with one attached hydrogen (secondary N) is 2. The second kappa shape index (κ2) is 6.23. The van der Waals surface area contributed by atoms with Crippen LogP contribution in [0.15, 0.2) is 36.9 Å². The summed E-state index contributed by atoms with van der Waals surface area (Å²) in [5.41, 5.74) is 2.77. The number of rotatable bonds is 5. The summed E-state index contributed by atoms with van der Waals surface area (Å²) >= 11 is 0. The Balaban J connectivity index is 1.99. The number of carbonyl (C=O) groups excluding carboxylic acids is 1. The van der Waals surface area contributed by atoms with Gasteiger partial charge in [0.2, 0.25) is 0 Å². The maximum absolute atomic E-state index is 12.2. The van der Waals surface area contributed by atoms with Crippen LogP contribution in [0.5, 0.6) is 0 Å². The normalized spacial score (nSPS) is 11.9. The number of imidazole rings is 1. The summed E-state index contributed by atoms with van der Waals surface area (Å²) in [5.74, 6) is -0.0524. The van der Waals surface area contributed by atoms with E-state index in [1.54, 1.807) is 12.5 Å². The number of aryl methyl sites for hydroxylation is 1. The summed E-state index contributed by atoms with van der Waals surface area (Å²) in [7, 11) is 1.87. The number of anilines is 1. The van der Waals surface area contributed by atoms with Crippen LogP contribution in [0, 0.1) is 6.92 Å². The van der Waals surface area contributed by atoms with Gasteiger partial charge in [0.25, 0.3) is 5.91 Å². The highest BCUT2D eigenvalue weighted by atomic mass is 16.1. The highest BCUT2D eigenvalue weighted by Gasteiger charge is 2.11. The highest BCUT2D eigenvalue weighted by Crippen LogP contribution is 2.15. The lowest BCUT2D eigenvalue weighted by molar-refractivity contribution is 0.0936. The predicted octanol–water partition coefficient (Wildman–Crippen LogP) is 2.05. The number of benzene rings is 1. The van der Waals surface area contributed by atoms with Gasteiger partial charge >= 0.3 is 0 Å². The van der Waals surface area contributed by atoms with Gasteiger partial charge in [-0.3, -0.25) is 4.79 Å². The highest BCUT2D eigenvalue weighted by molar-refractivity contribution is 5.95. The van der Waals surface area contributed by atoms with Crippen LogP contribution in [0.3, 0.4) is 0 Å². The van der Waals surface area contributed by atoms with Crippen LogP contribution in [-0.2, 0) is 6.54 Å². The molecule has 1 aromatic heterocycles.